The van der Waals surface area contributed by atoms with Crippen molar-refractivity contribution in [1.29, 1.82) is 0 Å². The minimum atomic E-state index is -3.70. The summed E-state index contributed by atoms with van der Waals surface area (Å²) in [4.78, 5) is 29.6. The third kappa shape index (κ3) is 4.80. The van der Waals surface area contributed by atoms with Crippen molar-refractivity contribution in [2.45, 2.75) is 67.3 Å². The van der Waals surface area contributed by atoms with Crippen LogP contribution in [0.5, 0.6) is 0 Å². The van der Waals surface area contributed by atoms with E-state index in [1.165, 1.54) is 15.6 Å². The van der Waals surface area contributed by atoms with Crippen LogP contribution in [-0.2, 0) is 21.4 Å². The van der Waals surface area contributed by atoms with Gasteiger partial charge in [-0.25, -0.2) is 13.4 Å². The lowest BCUT2D eigenvalue weighted by molar-refractivity contribution is -0.128. The van der Waals surface area contributed by atoms with Crippen LogP contribution in [0.4, 0.5) is 0 Å². The van der Waals surface area contributed by atoms with Gasteiger partial charge in [0.15, 0.2) is 0 Å². The molecule has 0 radical (unpaired) electrons. The molecule has 1 heterocycles. The van der Waals surface area contributed by atoms with Crippen molar-refractivity contribution in [2.24, 2.45) is 28.6 Å². The Balaban J connectivity index is 1.80. The minimum absolute atomic E-state index is 0.102. The van der Waals surface area contributed by atoms with Crippen LogP contribution in [0.2, 0.25) is 0 Å². The number of carbonyl (C=O) groups excluding carboxylic acids is 2. The van der Waals surface area contributed by atoms with Gasteiger partial charge in [0.1, 0.15) is 16.5 Å². The molecular formula is C23H37N3O4S2. The van der Waals surface area contributed by atoms with Gasteiger partial charge in [-0.1, -0.05) is 41.5 Å². The Labute approximate surface area is 196 Å². The lowest BCUT2D eigenvalue weighted by Crippen LogP contribution is -2.47. The van der Waals surface area contributed by atoms with Crippen LogP contribution in [0.15, 0.2) is 5.38 Å². The van der Waals surface area contributed by atoms with Gasteiger partial charge >= 0.3 is 0 Å². The molecule has 1 aromatic heterocycles. The molecule has 2 aliphatic rings. The highest BCUT2D eigenvalue weighted by Gasteiger charge is 2.65. The Hall–Kier alpha value is -1.32. The zero-order valence-electron chi connectivity index (χ0n) is 20.1. The molecule has 0 aliphatic heterocycles. The molecule has 180 valence electrons. The van der Waals surface area contributed by atoms with E-state index in [1.54, 1.807) is 5.38 Å². The lowest BCUT2D eigenvalue weighted by Gasteiger charge is -2.37. The number of fused-ring (bicyclic) bond motifs is 2. The summed E-state index contributed by atoms with van der Waals surface area (Å²) >= 11 is 1.29. The molecule has 1 amide bonds. The molecule has 3 rings (SSSR count). The van der Waals surface area contributed by atoms with Crippen molar-refractivity contribution in [3.63, 3.8) is 0 Å². The van der Waals surface area contributed by atoms with Crippen LogP contribution >= 0.6 is 11.3 Å². The highest BCUT2D eigenvalue weighted by molar-refractivity contribution is 7.89. The maximum Gasteiger partial charge on any atom is 0.270 e. The number of nitrogens with one attached hydrogen (secondary N) is 1. The average molecular weight is 484 g/mol. The Morgan fingerprint density at radius 3 is 2.50 bits per heavy atom. The van der Waals surface area contributed by atoms with Gasteiger partial charge in [-0.2, -0.15) is 4.31 Å². The Morgan fingerprint density at radius 1 is 1.28 bits per heavy atom. The zero-order chi connectivity index (χ0) is 23.9. The van der Waals surface area contributed by atoms with E-state index in [4.69, 9.17) is 0 Å². The first-order chi connectivity index (χ1) is 14.8. The second kappa shape index (κ2) is 9.14. The molecule has 2 bridgehead atoms. The number of nitrogens with zero attached hydrogens (tertiary/aromatic N) is 2. The van der Waals surface area contributed by atoms with Crippen LogP contribution in [-0.4, -0.2) is 48.2 Å². The number of ketones is 1. The number of aromatic nitrogens is 1. The van der Waals surface area contributed by atoms with Gasteiger partial charge in [-0.3, -0.25) is 9.59 Å². The summed E-state index contributed by atoms with van der Waals surface area (Å²) < 4.78 is 28.7. The molecule has 2 unspecified atom stereocenters. The molecule has 7 nitrogen and oxygen atoms in total. The highest BCUT2D eigenvalue weighted by Crippen LogP contribution is 2.64. The van der Waals surface area contributed by atoms with Crippen LogP contribution in [0.3, 0.4) is 0 Å². The highest BCUT2D eigenvalue weighted by atomic mass is 32.2. The molecule has 9 heteroatoms. The molecule has 32 heavy (non-hydrogen) atoms. The predicted octanol–water partition coefficient (Wildman–Crippen LogP) is 3.71. The molecule has 0 spiro atoms. The van der Waals surface area contributed by atoms with Gasteiger partial charge in [0.2, 0.25) is 10.0 Å². The van der Waals surface area contributed by atoms with Crippen molar-refractivity contribution in [3.05, 3.63) is 16.1 Å². The summed E-state index contributed by atoms with van der Waals surface area (Å²) in [5.41, 5.74) is -0.781. The maximum absolute atomic E-state index is 13.6. The Bertz CT molecular complexity index is 968. The standard InChI is InChI=1S/C23H37N3O4S2/c1-15(2)10-24-21(28)18-13-31-20(25-18)12-26(11-16(3)4)32(29,30)14-23-8-7-17(9-19(23)27)22(23,5)6/h13,15-17H,7-12,14H2,1-6H3,(H,24,28). The molecule has 2 aliphatic carbocycles. The SMILES string of the molecule is CC(C)CNC(=O)c1csc(CN(CC(C)C)S(=O)(=O)CC23CCC(CC2=O)C3(C)C)n1. The monoisotopic (exact) mass is 483 g/mol. The van der Waals surface area contributed by atoms with Crippen molar-refractivity contribution in [3.8, 4) is 0 Å². The van der Waals surface area contributed by atoms with Gasteiger partial charge in [0.25, 0.3) is 5.91 Å². The first kappa shape index (κ1) is 25.3. The van der Waals surface area contributed by atoms with Crippen molar-refractivity contribution in [2.75, 3.05) is 18.8 Å². The van der Waals surface area contributed by atoms with Crippen LogP contribution in [0, 0.1) is 28.6 Å². The largest absolute Gasteiger partial charge is 0.350 e. The van der Waals surface area contributed by atoms with E-state index in [9.17, 15) is 18.0 Å². The zero-order valence-corrected chi connectivity index (χ0v) is 21.7. The van der Waals surface area contributed by atoms with E-state index < -0.39 is 15.4 Å². The first-order valence-corrected chi connectivity index (χ1v) is 14.0. The van der Waals surface area contributed by atoms with E-state index in [1.807, 2.05) is 27.7 Å². The molecule has 2 atom stereocenters. The first-order valence-electron chi connectivity index (χ1n) is 11.5. The third-order valence-electron chi connectivity index (χ3n) is 7.30. The van der Waals surface area contributed by atoms with Gasteiger partial charge in [-0.15, -0.1) is 11.3 Å². The number of carbonyl (C=O) groups is 2. The summed E-state index contributed by atoms with van der Waals surface area (Å²) in [6.07, 6.45) is 2.06. The smallest absolute Gasteiger partial charge is 0.270 e. The molecule has 0 saturated heterocycles. The average Bonchev–Trinajstić information content (AvgIpc) is 3.28. The summed E-state index contributed by atoms with van der Waals surface area (Å²) in [6, 6.07) is 0. The van der Waals surface area contributed by atoms with Crippen molar-refractivity contribution >= 4 is 33.1 Å². The summed E-state index contributed by atoms with van der Waals surface area (Å²) in [7, 11) is -3.70. The topological polar surface area (TPSA) is 96.4 Å². The van der Waals surface area contributed by atoms with E-state index in [0.29, 0.717) is 42.6 Å². The van der Waals surface area contributed by atoms with Gasteiger partial charge in [0.05, 0.1) is 12.3 Å². The second-order valence-electron chi connectivity index (χ2n) is 10.8. The lowest BCUT2D eigenvalue weighted by atomic mass is 9.70. The number of amides is 1. The van der Waals surface area contributed by atoms with E-state index in [-0.39, 0.29) is 41.2 Å². The number of thiazole rings is 1. The summed E-state index contributed by atoms with van der Waals surface area (Å²) in [6.45, 7) is 13.1. The van der Waals surface area contributed by atoms with Crippen molar-refractivity contribution < 1.29 is 18.0 Å². The van der Waals surface area contributed by atoms with Gasteiger partial charge < -0.3 is 5.32 Å². The second-order valence-corrected chi connectivity index (χ2v) is 13.8. The number of hydrogen-bond acceptors (Lipinski definition) is 6. The molecular weight excluding hydrogens is 446 g/mol. The summed E-state index contributed by atoms with van der Waals surface area (Å²) in [5.74, 6) is 0.455. The van der Waals surface area contributed by atoms with Crippen molar-refractivity contribution in [1.82, 2.24) is 14.6 Å². The van der Waals surface area contributed by atoms with Crippen LogP contribution in [0.25, 0.3) is 0 Å². The molecule has 1 N–H and O–H groups in total. The molecule has 0 aromatic carbocycles. The van der Waals surface area contributed by atoms with E-state index in [0.717, 1.165) is 6.42 Å². The fourth-order valence-electron chi connectivity index (χ4n) is 5.22. The Kier molecular flexibility index (Phi) is 7.23. The van der Waals surface area contributed by atoms with E-state index in [2.05, 4.69) is 24.1 Å². The number of hydrogen-bond donors (Lipinski definition) is 1. The van der Waals surface area contributed by atoms with Gasteiger partial charge in [-0.05, 0) is 36.0 Å². The van der Waals surface area contributed by atoms with Gasteiger partial charge in [0, 0.05) is 30.3 Å². The van der Waals surface area contributed by atoms with Crippen LogP contribution < -0.4 is 5.32 Å². The third-order valence-corrected chi connectivity index (χ3v) is 10.1. The normalized spacial score (nSPS) is 24.8. The predicted molar refractivity (Wildman–Crippen MR) is 127 cm³/mol. The minimum Gasteiger partial charge on any atom is -0.350 e. The molecule has 2 saturated carbocycles. The summed E-state index contributed by atoms with van der Waals surface area (Å²) in [5, 5.41) is 5.10. The number of Topliss-reactive ketones (excluding diaryl/α,β-unsaturated/α-hetero) is 1. The number of rotatable bonds is 10. The Morgan fingerprint density at radius 2 is 1.97 bits per heavy atom. The number of sulfonamides is 1. The van der Waals surface area contributed by atoms with E-state index >= 15 is 0 Å². The van der Waals surface area contributed by atoms with Crippen LogP contribution in [0.1, 0.15) is 76.3 Å². The fraction of sp³-hybridized carbons (Fsp3) is 0.783. The molecule has 1 aromatic rings. The maximum atomic E-state index is 13.6. The quantitative estimate of drug-likeness (QED) is 0.547. The molecule has 2 fully saturated rings. The fourth-order valence-corrected chi connectivity index (χ4v) is 8.42.